The Bertz CT molecular complexity index is 584. The van der Waals surface area contributed by atoms with Crippen molar-refractivity contribution in [1.29, 1.82) is 0 Å². The second kappa shape index (κ2) is 6.62. The molecule has 0 radical (unpaired) electrons. The van der Waals surface area contributed by atoms with Gasteiger partial charge in [-0.2, -0.15) is 0 Å². The van der Waals surface area contributed by atoms with Crippen molar-refractivity contribution in [3.8, 4) is 5.75 Å². The number of nitrogens with zero attached hydrogens (tertiary/aromatic N) is 3. The Hall–Kier alpha value is -1.73. The van der Waals surface area contributed by atoms with Crippen LogP contribution in [0, 0.1) is 6.92 Å². The van der Waals surface area contributed by atoms with Gasteiger partial charge in [-0.15, -0.1) is 10.2 Å². The molecule has 0 fully saturated rings. The average molecular weight is 293 g/mol. The molecule has 1 aromatic heterocycles. The molecule has 7 heteroatoms. The molecule has 20 heavy (non-hydrogen) atoms. The molecule has 0 aliphatic rings. The zero-order chi connectivity index (χ0) is 14.5. The summed E-state index contributed by atoms with van der Waals surface area (Å²) in [6.07, 6.45) is 0.855. The van der Waals surface area contributed by atoms with E-state index in [4.69, 9.17) is 16.3 Å². The number of benzene rings is 1. The highest BCUT2D eigenvalue weighted by molar-refractivity contribution is 7.98. The van der Waals surface area contributed by atoms with Crippen LogP contribution in [0.15, 0.2) is 23.4 Å². The van der Waals surface area contributed by atoms with Crippen LogP contribution in [-0.2, 0) is 12.2 Å². The fraction of sp³-hybridized carbons (Fsp3) is 0.385. The van der Waals surface area contributed by atoms with Crippen molar-refractivity contribution in [1.82, 2.24) is 14.9 Å². The smallest absolute Gasteiger partial charge is 0.210 e. The van der Waals surface area contributed by atoms with Gasteiger partial charge in [0.05, 0.1) is 7.11 Å². The minimum Gasteiger partial charge on any atom is -0.496 e. The first-order chi connectivity index (χ1) is 9.65. The lowest BCUT2D eigenvalue weighted by atomic mass is 10.1. The lowest BCUT2D eigenvalue weighted by molar-refractivity contribution is 0.411. The van der Waals surface area contributed by atoms with Gasteiger partial charge in [-0.1, -0.05) is 23.9 Å². The van der Waals surface area contributed by atoms with Crippen LogP contribution in [-0.4, -0.2) is 28.5 Å². The van der Waals surface area contributed by atoms with E-state index in [-0.39, 0.29) is 0 Å². The van der Waals surface area contributed by atoms with Gasteiger partial charge in [-0.3, -0.25) is 0 Å². The third-order valence-electron chi connectivity index (χ3n) is 2.97. The van der Waals surface area contributed by atoms with E-state index < -0.39 is 0 Å². The number of aromatic nitrogens is 3. The highest BCUT2D eigenvalue weighted by Gasteiger charge is 2.10. The predicted octanol–water partition coefficient (Wildman–Crippen LogP) is 1.10. The predicted molar refractivity (Wildman–Crippen MR) is 80.2 cm³/mol. The van der Waals surface area contributed by atoms with Crippen molar-refractivity contribution in [2.24, 2.45) is 5.73 Å². The molecule has 0 spiro atoms. The molecule has 6 nitrogen and oxygen atoms in total. The summed E-state index contributed by atoms with van der Waals surface area (Å²) in [6, 6.07) is 6.12. The quantitative estimate of drug-likeness (QED) is 0.612. The normalized spacial score (nSPS) is 10.8. The highest BCUT2D eigenvalue weighted by atomic mass is 32.2. The number of ether oxygens (including phenoxy) is 1. The molecular formula is C13H19N5OS. The molecule has 108 valence electrons. The van der Waals surface area contributed by atoms with Crippen LogP contribution in [0.3, 0.4) is 0 Å². The van der Waals surface area contributed by atoms with Gasteiger partial charge in [0.15, 0.2) is 0 Å². The average Bonchev–Trinajstić information content (AvgIpc) is 2.77. The maximum absolute atomic E-state index is 5.84. The van der Waals surface area contributed by atoms with Crippen LogP contribution in [0.25, 0.3) is 0 Å². The number of aryl methyl sites for hydroxylation is 1. The largest absolute Gasteiger partial charge is 0.496 e. The van der Waals surface area contributed by atoms with Gasteiger partial charge in [0, 0.05) is 11.3 Å². The van der Waals surface area contributed by atoms with Gasteiger partial charge < -0.3 is 16.3 Å². The molecule has 0 aliphatic heterocycles. The fourth-order valence-corrected chi connectivity index (χ4v) is 2.74. The van der Waals surface area contributed by atoms with E-state index in [1.807, 2.05) is 19.1 Å². The minimum atomic E-state index is 0.634. The number of rotatable bonds is 6. The maximum Gasteiger partial charge on any atom is 0.210 e. The van der Waals surface area contributed by atoms with Gasteiger partial charge in [0.25, 0.3) is 0 Å². The Morgan fingerprint density at radius 2 is 2.15 bits per heavy atom. The molecule has 0 saturated heterocycles. The minimum absolute atomic E-state index is 0.634. The molecule has 1 aromatic carbocycles. The van der Waals surface area contributed by atoms with E-state index >= 15 is 0 Å². The Labute approximate surface area is 122 Å². The first-order valence-electron chi connectivity index (χ1n) is 6.31. The molecule has 0 atom stereocenters. The van der Waals surface area contributed by atoms with Crippen LogP contribution in [0.2, 0.25) is 0 Å². The number of hydrogen-bond acceptors (Lipinski definition) is 6. The topological polar surface area (TPSA) is 92.0 Å². The zero-order valence-corrected chi connectivity index (χ0v) is 12.5. The molecular weight excluding hydrogens is 274 g/mol. The molecule has 0 bridgehead atoms. The van der Waals surface area contributed by atoms with Crippen molar-refractivity contribution >= 4 is 11.8 Å². The van der Waals surface area contributed by atoms with Gasteiger partial charge in [0.1, 0.15) is 11.6 Å². The molecule has 2 rings (SSSR count). The Morgan fingerprint density at radius 3 is 2.75 bits per heavy atom. The molecule has 0 amide bonds. The third kappa shape index (κ3) is 3.23. The number of methoxy groups -OCH3 is 1. The second-order valence-corrected chi connectivity index (χ2v) is 5.32. The summed E-state index contributed by atoms with van der Waals surface area (Å²) in [5.41, 5.74) is 7.90. The molecule has 2 aromatic rings. The molecule has 0 saturated carbocycles. The van der Waals surface area contributed by atoms with E-state index in [2.05, 4.69) is 16.3 Å². The SMILES string of the molecule is COc1ccc(CCN)cc1CSc1nnc(C)n1N. The molecule has 4 N–H and O–H groups in total. The summed E-state index contributed by atoms with van der Waals surface area (Å²) in [5, 5.41) is 8.66. The number of nitrogen functional groups attached to an aromatic ring is 1. The maximum atomic E-state index is 5.84. The standard InChI is InChI=1S/C13H19N5OS/c1-9-16-17-13(18(9)15)20-8-11-7-10(5-6-14)3-4-12(11)19-2/h3-4,7H,5-6,8,14-15H2,1-2H3. The molecule has 0 aliphatic carbocycles. The van der Waals surface area contributed by atoms with E-state index in [0.29, 0.717) is 17.5 Å². The summed E-state index contributed by atoms with van der Waals surface area (Å²) in [4.78, 5) is 0. The summed E-state index contributed by atoms with van der Waals surface area (Å²) in [7, 11) is 1.67. The molecule has 1 heterocycles. The van der Waals surface area contributed by atoms with Crippen LogP contribution in [0.1, 0.15) is 17.0 Å². The molecule has 0 unspecified atom stereocenters. The summed E-state index contributed by atoms with van der Waals surface area (Å²) < 4.78 is 6.87. The summed E-state index contributed by atoms with van der Waals surface area (Å²) >= 11 is 1.53. The Kier molecular flexibility index (Phi) is 4.86. The summed E-state index contributed by atoms with van der Waals surface area (Å²) in [6.45, 7) is 2.45. The number of nitrogens with two attached hydrogens (primary N) is 2. The monoisotopic (exact) mass is 293 g/mol. The number of hydrogen-bond donors (Lipinski definition) is 2. The lowest BCUT2D eigenvalue weighted by Gasteiger charge is -2.10. The van der Waals surface area contributed by atoms with Crippen LogP contribution in [0.4, 0.5) is 0 Å². The first-order valence-corrected chi connectivity index (χ1v) is 7.30. The van der Waals surface area contributed by atoms with E-state index in [0.717, 1.165) is 23.5 Å². The van der Waals surface area contributed by atoms with Crippen molar-refractivity contribution in [3.63, 3.8) is 0 Å². The fourth-order valence-electron chi connectivity index (χ4n) is 1.86. The Balaban J connectivity index is 2.14. The summed E-state index contributed by atoms with van der Waals surface area (Å²) in [5.74, 6) is 8.11. The number of thioether (sulfide) groups is 1. The first kappa shape index (κ1) is 14.7. The zero-order valence-electron chi connectivity index (χ0n) is 11.7. The third-order valence-corrected chi connectivity index (χ3v) is 3.96. The van der Waals surface area contributed by atoms with Gasteiger partial charge in [-0.05, 0) is 31.5 Å². The van der Waals surface area contributed by atoms with Crippen molar-refractivity contribution < 1.29 is 4.74 Å². The van der Waals surface area contributed by atoms with E-state index in [1.165, 1.54) is 22.0 Å². The van der Waals surface area contributed by atoms with Crippen LogP contribution in [0.5, 0.6) is 5.75 Å². The Morgan fingerprint density at radius 1 is 1.35 bits per heavy atom. The van der Waals surface area contributed by atoms with Gasteiger partial charge >= 0.3 is 0 Å². The van der Waals surface area contributed by atoms with E-state index in [9.17, 15) is 0 Å². The van der Waals surface area contributed by atoms with Gasteiger partial charge in [0.2, 0.25) is 5.16 Å². The van der Waals surface area contributed by atoms with Crippen molar-refractivity contribution in [2.75, 3.05) is 19.5 Å². The second-order valence-electron chi connectivity index (χ2n) is 4.37. The van der Waals surface area contributed by atoms with Gasteiger partial charge in [-0.25, -0.2) is 4.68 Å². The van der Waals surface area contributed by atoms with Crippen LogP contribution < -0.4 is 16.3 Å². The van der Waals surface area contributed by atoms with Crippen LogP contribution >= 0.6 is 11.8 Å². The highest BCUT2D eigenvalue weighted by Crippen LogP contribution is 2.27. The van der Waals surface area contributed by atoms with E-state index in [1.54, 1.807) is 7.11 Å². The lowest BCUT2D eigenvalue weighted by Crippen LogP contribution is -2.11. The van der Waals surface area contributed by atoms with Crippen molar-refractivity contribution in [3.05, 3.63) is 35.2 Å². The van der Waals surface area contributed by atoms with Crippen molar-refractivity contribution in [2.45, 2.75) is 24.3 Å².